The highest BCUT2D eigenvalue weighted by atomic mass is 16.3. The number of aromatic nitrogens is 2. The molecule has 1 aliphatic rings. The van der Waals surface area contributed by atoms with Crippen LogP contribution in [0.4, 0.5) is 0 Å². The number of H-pyrrole nitrogens is 1. The highest BCUT2D eigenvalue weighted by molar-refractivity contribution is 5.99. The zero-order chi connectivity index (χ0) is 16.1. The van der Waals surface area contributed by atoms with Gasteiger partial charge in [-0.3, -0.25) is 0 Å². The maximum Gasteiger partial charge on any atom is 0.116 e. The maximum atomic E-state index is 10.1. The summed E-state index contributed by atoms with van der Waals surface area (Å²) in [5.41, 5.74) is 4.15. The third kappa shape index (κ3) is 2.07. The number of aromatic amines is 1. The number of hydrogen-bond donors (Lipinski definition) is 3. The maximum absolute atomic E-state index is 10.1. The summed E-state index contributed by atoms with van der Waals surface area (Å²) in [6, 6.07) is 18.0. The van der Waals surface area contributed by atoms with Crippen molar-refractivity contribution >= 4 is 21.8 Å². The van der Waals surface area contributed by atoms with Crippen LogP contribution in [-0.4, -0.2) is 28.2 Å². The van der Waals surface area contributed by atoms with Crippen LogP contribution < -0.4 is 5.32 Å². The summed E-state index contributed by atoms with van der Waals surface area (Å²) in [7, 11) is 0. The van der Waals surface area contributed by atoms with Gasteiger partial charge in [0, 0.05) is 19.0 Å². The van der Waals surface area contributed by atoms with E-state index >= 15 is 0 Å². The van der Waals surface area contributed by atoms with Gasteiger partial charge in [0.15, 0.2) is 0 Å². The molecule has 3 N–H and O–H groups in total. The van der Waals surface area contributed by atoms with Gasteiger partial charge in [0.1, 0.15) is 11.6 Å². The van der Waals surface area contributed by atoms with Crippen LogP contribution >= 0.6 is 0 Å². The van der Waals surface area contributed by atoms with Crippen LogP contribution in [0.2, 0.25) is 0 Å². The number of phenols is 1. The van der Waals surface area contributed by atoms with E-state index in [1.165, 1.54) is 0 Å². The molecule has 0 spiro atoms. The molecule has 1 aliphatic heterocycles. The van der Waals surface area contributed by atoms with Gasteiger partial charge in [-0.2, -0.15) is 0 Å². The van der Waals surface area contributed by atoms with Crippen molar-refractivity contribution in [3.8, 4) is 16.9 Å². The van der Waals surface area contributed by atoms with E-state index in [1.54, 1.807) is 6.07 Å². The molecule has 5 rings (SSSR count). The number of hydrogen-bond acceptors (Lipinski definition) is 3. The van der Waals surface area contributed by atoms with Gasteiger partial charge in [-0.15, -0.1) is 0 Å². The first-order valence-corrected chi connectivity index (χ1v) is 8.20. The Labute approximate surface area is 139 Å². The zero-order valence-electron chi connectivity index (χ0n) is 13.1. The van der Waals surface area contributed by atoms with E-state index in [-0.39, 0.29) is 5.75 Å². The van der Waals surface area contributed by atoms with Crippen molar-refractivity contribution in [3.63, 3.8) is 0 Å². The van der Waals surface area contributed by atoms with Gasteiger partial charge in [0.25, 0.3) is 0 Å². The molecule has 24 heavy (non-hydrogen) atoms. The Kier molecular flexibility index (Phi) is 2.87. The van der Waals surface area contributed by atoms with Gasteiger partial charge in [-0.1, -0.05) is 30.3 Å². The Hall–Kier alpha value is -2.85. The fraction of sp³-hybridized carbons (Fsp3) is 0.150. The quantitative estimate of drug-likeness (QED) is 0.527. The van der Waals surface area contributed by atoms with Crippen molar-refractivity contribution in [2.24, 2.45) is 0 Å². The van der Waals surface area contributed by atoms with Crippen LogP contribution in [0.3, 0.4) is 0 Å². The van der Waals surface area contributed by atoms with Crippen molar-refractivity contribution < 1.29 is 5.11 Å². The Morgan fingerprint density at radius 2 is 1.88 bits per heavy atom. The van der Waals surface area contributed by atoms with Gasteiger partial charge < -0.3 is 15.4 Å². The van der Waals surface area contributed by atoms with Crippen molar-refractivity contribution in [1.82, 2.24) is 15.3 Å². The molecule has 118 valence electrons. The molecule has 4 aromatic rings. The average Bonchev–Trinajstić information content (AvgIpc) is 2.94. The summed E-state index contributed by atoms with van der Waals surface area (Å²) in [5, 5.41) is 15.5. The summed E-state index contributed by atoms with van der Waals surface area (Å²) in [4.78, 5) is 8.16. The van der Waals surface area contributed by atoms with E-state index in [2.05, 4.69) is 34.6 Å². The Balaban J connectivity index is 1.68. The predicted molar refractivity (Wildman–Crippen MR) is 96.3 cm³/mol. The van der Waals surface area contributed by atoms with Crippen molar-refractivity contribution in [1.29, 1.82) is 0 Å². The Morgan fingerprint density at radius 3 is 2.71 bits per heavy atom. The molecule has 0 atom stereocenters. The minimum Gasteiger partial charge on any atom is -0.508 e. The molecule has 0 amide bonds. The van der Waals surface area contributed by atoms with Crippen LogP contribution in [0.5, 0.6) is 5.75 Å². The minimum absolute atomic E-state index is 0.287. The largest absolute Gasteiger partial charge is 0.508 e. The summed E-state index contributed by atoms with van der Waals surface area (Å²) < 4.78 is 0. The van der Waals surface area contributed by atoms with E-state index < -0.39 is 0 Å². The van der Waals surface area contributed by atoms with Gasteiger partial charge in [0.2, 0.25) is 0 Å². The number of aromatic hydroxyl groups is 1. The van der Waals surface area contributed by atoms with Gasteiger partial charge in [-0.05, 0) is 46.2 Å². The van der Waals surface area contributed by atoms with Crippen LogP contribution in [0.1, 0.15) is 11.7 Å². The van der Waals surface area contributed by atoms with E-state index in [4.69, 9.17) is 4.98 Å². The van der Waals surface area contributed by atoms with Crippen molar-refractivity contribution in [2.45, 2.75) is 5.92 Å². The molecule has 0 bridgehead atoms. The zero-order valence-corrected chi connectivity index (χ0v) is 13.1. The molecule has 1 fully saturated rings. The second-order valence-electron chi connectivity index (χ2n) is 6.42. The van der Waals surface area contributed by atoms with Crippen LogP contribution in [-0.2, 0) is 0 Å². The second-order valence-corrected chi connectivity index (χ2v) is 6.42. The molecular weight excluding hydrogens is 298 g/mol. The number of nitrogens with zero attached hydrogens (tertiary/aromatic N) is 1. The van der Waals surface area contributed by atoms with Crippen LogP contribution in [0.25, 0.3) is 32.9 Å². The Morgan fingerprint density at radius 1 is 1.00 bits per heavy atom. The molecule has 4 nitrogen and oxygen atoms in total. The highest BCUT2D eigenvalue weighted by Crippen LogP contribution is 2.34. The normalized spacial score (nSPS) is 15.0. The third-order valence-corrected chi connectivity index (χ3v) is 4.83. The Bertz CT molecular complexity index is 1060. The number of nitrogens with one attached hydrogen (secondary N) is 2. The second kappa shape index (κ2) is 5.08. The van der Waals surface area contributed by atoms with Crippen molar-refractivity contribution in [2.75, 3.05) is 13.1 Å². The van der Waals surface area contributed by atoms with E-state index in [0.717, 1.165) is 51.8 Å². The van der Waals surface area contributed by atoms with Gasteiger partial charge in [0.05, 0.1) is 11.0 Å². The molecule has 4 heteroatoms. The first-order valence-electron chi connectivity index (χ1n) is 8.20. The lowest BCUT2D eigenvalue weighted by Crippen LogP contribution is -2.40. The highest BCUT2D eigenvalue weighted by Gasteiger charge is 2.22. The molecule has 1 saturated heterocycles. The predicted octanol–water partition coefficient (Wildman–Crippen LogP) is 3.78. The van der Waals surface area contributed by atoms with Gasteiger partial charge in [-0.25, -0.2) is 4.98 Å². The van der Waals surface area contributed by atoms with Crippen molar-refractivity contribution in [3.05, 3.63) is 60.4 Å². The summed E-state index contributed by atoms with van der Waals surface area (Å²) in [6.07, 6.45) is 0. The molecule has 0 saturated carbocycles. The number of phenolic OH excluding ortho intramolecular Hbond substituents is 1. The SMILES string of the molecule is Oc1cc(-c2ccc3nc(C4CNC4)[nH]c3c2)c2ccccc2c1. The average molecular weight is 315 g/mol. The molecule has 2 heterocycles. The number of benzene rings is 3. The first kappa shape index (κ1) is 13.6. The van der Waals surface area contributed by atoms with Crippen LogP contribution in [0, 0.1) is 0 Å². The van der Waals surface area contributed by atoms with Gasteiger partial charge >= 0.3 is 0 Å². The summed E-state index contributed by atoms with van der Waals surface area (Å²) in [5.74, 6) is 1.83. The fourth-order valence-corrected chi connectivity index (χ4v) is 3.41. The lowest BCUT2D eigenvalue weighted by Gasteiger charge is -2.24. The summed E-state index contributed by atoms with van der Waals surface area (Å²) >= 11 is 0. The molecule has 0 radical (unpaired) electrons. The lowest BCUT2D eigenvalue weighted by molar-refractivity contribution is 0.433. The molecule has 0 unspecified atom stereocenters. The smallest absolute Gasteiger partial charge is 0.116 e. The molecule has 0 aliphatic carbocycles. The first-order chi connectivity index (χ1) is 11.8. The number of imidazole rings is 1. The standard InChI is InChI=1S/C20H17N3O/c24-15-7-12-3-1-2-4-16(12)17(9-15)13-5-6-18-19(8-13)23-20(22-18)14-10-21-11-14/h1-9,14,21,24H,10-11H2,(H,22,23). The summed E-state index contributed by atoms with van der Waals surface area (Å²) in [6.45, 7) is 1.98. The molecule has 1 aromatic heterocycles. The fourth-order valence-electron chi connectivity index (χ4n) is 3.41. The number of fused-ring (bicyclic) bond motifs is 2. The third-order valence-electron chi connectivity index (χ3n) is 4.83. The minimum atomic E-state index is 0.287. The number of rotatable bonds is 2. The lowest BCUT2D eigenvalue weighted by atomic mass is 9.97. The topological polar surface area (TPSA) is 60.9 Å². The molecule has 3 aromatic carbocycles. The van der Waals surface area contributed by atoms with E-state index in [9.17, 15) is 5.11 Å². The van der Waals surface area contributed by atoms with Crippen LogP contribution in [0.15, 0.2) is 54.6 Å². The van der Waals surface area contributed by atoms with E-state index in [0.29, 0.717) is 5.92 Å². The monoisotopic (exact) mass is 315 g/mol. The molecular formula is C20H17N3O. The van der Waals surface area contributed by atoms with E-state index in [1.807, 2.05) is 24.3 Å².